The van der Waals surface area contributed by atoms with Gasteiger partial charge in [0.05, 0.1) is 32.3 Å². The van der Waals surface area contributed by atoms with Crippen molar-refractivity contribution in [2.75, 3.05) is 28.1 Å². The molecule has 2 aliphatic heterocycles. The Morgan fingerprint density at radius 1 is 0.829 bits per heavy atom. The molecule has 0 fully saturated rings. The Balaban J connectivity index is 1.54. The van der Waals surface area contributed by atoms with Gasteiger partial charge in [0, 0.05) is 17.4 Å². The standard InChI is InChI=1S/C29H28NO5/c1-31-20-7-4-18(5-8-20)6-9-22-21-10-11-25(32-2)29(33-3)24(21)16-30-13-12-19-14-26-27(35-17-34-26)15-23(19)28(22)30/h4-5,7-8,10-11,14-16H,6,9,12-13,17H2,1-3H3/q+1. The van der Waals surface area contributed by atoms with Crippen molar-refractivity contribution in [2.24, 2.45) is 0 Å². The number of aromatic nitrogens is 1. The maximum absolute atomic E-state index is 5.83. The lowest BCUT2D eigenvalue weighted by atomic mass is 9.89. The molecule has 0 unspecified atom stereocenters. The van der Waals surface area contributed by atoms with Crippen LogP contribution in [0.15, 0.2) is 54.7 Å². The molecule has 0 spiro atoms. The maximum Gasteiger partial charge on any atom is 0.231 e. The minimum atomic E-state index is 0.275. The van der Waals surface area contributed by atoms with Gasteiger partial charge >= 0.3 is 0 Å². The molecule has 0 saturated heterocycles. The Kier molecular flexibility index (Phi) is 5.36. The predicted octanol–water partition coefficient (Wildman–Crippen LogP) is 4.89. The van der Waals surface area contributed by atoms with Crippen molar-refractivity contribution in [3.8, 4) is 40.0 Å². The van der Waals surface area contributed by atoms with E-state index in [1.807, 2.05) is 18.2 Å². The third kappa shape index (κ3) is 3.60. The van der Waals surface area contributed by atoms with Crippen molar-refractivity contribution in [2.45, 2.75) is 25.8 Å². The number of ether oxygens (including phenoxy) is 5. The first-order chi connectivity index (χ1) is 17.2. The first-order valence-electron chi connectivity index (χ1n) is 11.9. The van der Waals surface area contributed by atoms with Crippen molar-refractivity contribution in [1.82, 2.24) is 0 Å². The second kappa shape index (κ2) is 8.69. The second-order valence-corrected chi connectivity index (χ2v) is 8.87. The SMILES string of the molecule is COc1ccc(CCc2c3[n+](cc4c(OC)c(OC)ccc24)CCc2cc4c(cc2-3)OCO4)cc1. The summed E-state index contributed by atoms with van der Waals surface area (Å²) in [6, 6.07) is 16.8. The van der Waals surface area contributed by atoms with E-state index in [1.54, 1.807) is 21.3 Å². The normalized spacial score (nSPS) is 13.3. The van der Waals surface area contributed by atoms with Gasteiger partial charge < -0.3 is 23.7 Å². The number of pyridine rings is 1. The van der Waals surface area contributed by atoms with Crippen LogP contribution in [0.5, 0.6) is 28.7 Å². The highest BCUT2D eigenvalue weighted by atomic mass is 16.7. The molecule has 3 aromatic carbocycles. The van der Waals surface area contributed by atoms with E-state index in [0.717, 1.165) is 59.9 Å². The number of fused-ring (bicyclic) bond motifs is 5. The minimum absolute atomic E-state index is 0.275. The number of aryl methyl sites for hydroxylation is 4. The molecule has 0 saturated carbocycles. The van der Waals surface area contributed by atoms with E-state index in [9.17, 15) is 0 Å². The minimum Gasteiger partial charge on any atom is -0.497 e. The molecule has 0 amide bonds. The molecular weight excluding hydrogens is 442 g/mol. The van der Waals surface area contributed by atoms with Gasteiger partial charge in [-0.25, -0.2) is 0 Å². The van der Waals surface area contributed by atoms with Crippen LogP contribution in [0.25, 0.3) is 22.0 Å². The molecule has 4 aromatic rings. The fourth-order valence-corrected chi connectivity index (χ4v) is 5.32. The summed E-state index contributed by atoms with van der Waals surface area (Å²) >= 11 is 0. The fraction of sp³-hybridized carbons (Fsp3) is 0.276. The Morgan fingerprint density at radius 2 is 1.63 bits per heavy atom. The van der Waals surface area contributed by atoms with Crippen LogP contribution in [0.3, 0.4) is 0 Å². The summed E-state index contributed by atoms with van der Waals surface area (Å²) in [7, 11) is 5.08. The van der Waals surface area contributed by atoms with Crippen LogP contribution in [-0.2, 0) is 25.8 Å². The zero-order chi connectivity index (χ0) is 23.9. The van der Waals surface area contributed by atoms with Crippen LogP contribution in [0, 0.1) is 0 Å². The third-order valence-electron chi connectivity index (χ3n) is 7.07. The van der Waals surface area contributed by atoms with Gasteiger partial charge in [0.15, 0.2) is 35.7 Å². The maximum atomic E-state index is 5.83. The van der Waals surface area contributed by atoms with Crippen LogP contribution < -0.4 is 28.3 Å². The van der Waals surface area contributed by atoms with Crippen molar-refractivity contribution in [1.29, 1.82) is 0 Å². The number of nitrogens with zero attached hydrogens (tertiary/aromatic N) is 1. The molecule has 2 aliphatic rings. The van der Waals surface area contributed by atoms with Gasteiger partial charge in [-0.15, -0.1) is 0 Å². The Hall–Kier alpha value is -3.93. The summed E-state index contributed by atoms with van der Waals surface area (Å²) in [6.07, 6.45) is 4.92. The van der Waals surface area contributed by atoms with Gasteiger partial charge in [-0.3, -0.25) is 0 Å². The molecular formula is C29H28NO5+. The summed E-state index contributed by atoms with van der Waals surface area (Å²) in [5.41, 5.74) is 6.29. The van der Waals surface area contributed by atoms with Gasteiger partial charge in [0.1, 0.15) is 5.75 Å². The molecule has 35 heavy (non-hydrogen) atoms. The summed E-state index contributed by atoms with van der Waals surface area (Å²) in [4.78, 5) is 0. The molecule has 178 valence electrons. The Labute approximate surface area is 204 Å². The molecule has 3 heterocycles. The summed E-state index contributed by atoms with van der Waals surface area (Å²) in [6.45, 7) is 1.16. The van der Waals surface area contributed by atoms with E-state index in [0.29, 0.717) is 0 Å². The topological polar surface area (TPSA) is 50.0 Å². The smallest absolute Gasteiger partial charge is 0.231 e. The lowest BCUT2D eigenvalue weighted by molar-refractivity contribution is -0.686. The quantitative estimate of drug-likeness (QED) is 0.376. The zero-order valence-electron chi connectivity index (χ0n) is 20.2. The average molecular weight is 471 g/mol. The Bertz CT molecular complexity index is 1430. The van der Waals surface area contributed by atoms with Gasteiger partial charge in [-0.05, 0) is 60.4 Å². The molecule has 6 nitrogen and oxygen atoms in total. The van der Waals surface area contributed by atoms with Crippen molar-refractivity contribution < 1.29 is 28.3 Å². The second-order valence-electron chi connectivity index (χ2n) is 8.87. The van der Waals surface area contributed by atoms with Crippen molar-refractivity contribution in [3.63, 3.8) is 0 Å². The van der Waals surface area contributed by atoms with Crippen molar-refractivity contribution >= 4 is 10.8 Å². The molecule has 6 rings (SSSR count). The number of rotatable bonds is 6. The molecule has 6 heteroatoms. The van der Waals surface area contributed by atoms with Crippen LogP contribution >= 0.6 is 0 Å². The van der Waals surface area contributed by atoms with E-state index >= 15 is 0 Å². The average Bonchev–Trinajstić information content (AvgIpc) is 3.36. The summed E-state index contributed by atoms with van der Waals surface area (Å²) in [5.74, 6) is 4.02. The van der Waals surface area contributed by atoms with Crippen LogP contribution in [-0.4, -0.2) is 28.1 Å². The van der Waals surface area contributed by atoms with E-state index in [4.69, 9.17) is 23.7 Å². The lowest BCUT2D eigenvalue weighted by Gasteiger charge is -2.21. The largest absolute Gasteiger partial charge is 0.497 e. The van der Waals surface area contributed by atoms with Gasteiger partial charge in [-0.1, -0.05) is 12.1 Å². The molecule has 0 N–H and O–H groups in total. The van der Waals surface area contributed by atoms with E-state index in [1.165, 1.54) is 33.3 Å². The van der Waals surface area contributed by atoms with Crippen molar-refractivity contribution in [3.05, 3.63) is 71.4 Å². The van der Waals surface area contributed by atoms with Crippen LogP contribution in [0.4, 0.5) is 0 Å². The molecule has 0 atom stereocenters. The van der Waals surface area contributed by atoms with Gasteiger partial charge in [0.25, 0.3) is 0 Å². The highest BCUT2D eigenvalue weighted by Crippen LogP contribution is 2.43. The Morgan fingerprint density at radius 3 is 2.37 bits per heavy atom. The highest BCUT2D eigenvalue weighted by Gasteiger charge is 2.32. The molecule has 1 aromatic heterocycles. The highest BCUT2D eigenvalue weighted by molar-refractivity contribution is 5.95. The van der Waals surface area contributed by atoms with Gasteiger partial charge in [0.2, 0.25) is 12.5 Å². The van der Waals surface area contributed by atoms with E-state index in [2.05, 4.69) is 41.1 Å². The zero-order valence-corrected chi connectivity index (χ0v) is 20.2. The van der Waals surface area contributed by atoms with E-state index < -0.39 is 0 Å². The number of methoxy groups -OCH3 is 3. The first-order valence-corrected chi connectivity index (χ1v) is 11.9. The molecule has 0 aliphatic carbocycles. The number of hydrogen-bond acceptors (Lipinski definition) is 5. The van der Waals surface area contributed by atoms with Gasteiger partial charge in [-0.2, -0.15) is 4.57 Å². The molecule has 0 radical (unpaired) electrons. The lowest BCUT2D eigenvalue weighted by Crippen LogP contribution is -2.41. The monoisotopic (exact) mass is 470 g/mol. The third-order valence-corrected chi connectivity index (χ3v) is 7.07. The number of benzene rings is 3. The fourth-order valence-electron chi connectivity index (χ4n) is 5.32. The number of hydrogen-bond donors (Lipinski definition) is 0. The summed E-state index contributed by atoms with van der Waals surface area (Å²) < 4.78 is 30.5. The van der Waals surface area contributed by atoms with Crippen LogP contribution in [0.2, 0.25) is 0 Å². The first kappa shape index (κ1) is 21.6. The van der Waals surface area contributed by atoms with Crippen LogP contribution in [0.1, 0.15) is 16.7 Å². The molecule has 0 bridgehead atoms. The van der Waals surface area contributed by atoms with E-state index in [-0.39, 0.29) is 6.79 Å². The predicted molar refractivity (Wildman–Crippen MR) is 133 cm³/mol. The summed E-state index contributed by atoms with van der Waals surface area (Å²) in [5, 5.41) is 2.23.